The molecule has 0 saturated heterocycles. The number of rotatable bonds is 8. The van der Waals surface area contributed by atoms with Gasteiger partial charge in [0.15, 0.2) is 5.82 Å². The molecule has 6 rings (SSSR count). The average Bonchev–Trinajstić information content (AvgIpc) is 3.39. The lowest BCUT2D eigenvalue weighted by Crippen LogP contribution is -2.04. The Morgan fingerprint density at radius 1 is 0.951 bits per heavy atom. The fourth-order valence-corrected chi connectivity index (χ4v) is 5.56. The van der Waals surface area contributed by atoms with Crippen LogP contribution in [0.15, 0.2) is 84.1 Å². The lowest BCUT2D eigenvalue weighted by Gasteiger charge is -2.13. The first-order valence-electron chi connectivity index (χ1n) is 12.5. The topological polar surface area (TPSA) is 168 Å². The van der Waals surface area contributed by atoms with Crippen LogP contribution in [0.2, 0.25) is 0 Å². The summed E-state index contributed by atoms with van der Waals surface area (Å²) in [4.78, 5) is 35.4. The second-order valence-electron chi connectivity index (χ2n) is 9.07. The predicted molar refractivity (Wildman–Crippen MR) is 159 cm³/mol. The molecule has 1 aliphatic rings. The summed E-state index contributed by atoms with van der Waals surface area (Å²) < 4.78 is 17.3. The molecule has 0 spiro atoms. The van der Waals surface area contributed by atoms with Gasteiger partial charge in [0.25, 0.3) is 0 Å². The number of nitrogens with one attached hydrogen (secondary N) is 2. The summed E-state index contributed by atoms with van der Waals surface area (Å²) in [6.07, 6.45) is 2.96. The van der Waals surface area contributed by atoms with Gasteiger partial charge in [-0.15, -0.1) is 22.0 Å². The smallest absolute Gasteiger partial charge is 0.429 e. The predicted octanol–water partition coefficient (Wildman–Crippen LogP) is 5.40. The molecule has 3 aromatic heterocycles. The third-order valence-electron chi connectivity index (χ3n) is 5.97. The Kier molecular flexibility index (Phi) is 7.33. The van der Waals surface area contributed by atoms with Crippen LogP contribution in [-0.2, 0) is 4.57 Å². The molecule has 0 radical (unpaired) electrons. The standard InChI is InChI=1S/C27H23N8O4PS/c1-16-15-41-26(30-16)23-19-5-2-3-6-20(19)24(34-33-23)31-17-8-10-18(11-9-17)39-25-21(7-4-13-28-25)22-12-14-29-27(32-22)35-40(36,37)38/h2-14,16H,15H2,1H3,(H,31,34)(H3,29,32,35,36,37,38). The largest absolute Gasteiger partial charge is 0.438 e. The minimum atomic E-state index is -4.56. The summed E-state index contributed by atoms with van der Waals surface area (Å²) in [6.45, 7) is 2.09. The first-order chi connectivity index (χ1) is 19.8. The van der Waals surface area contributed by atoms with E-state index < -0.39 is 7.75 Å². The Morgan fingerprint density at radius 2 is 1.76 bits per heavy atom. The van der Waals surface area contributed by atoms with Gasteiger partial charge in [-0.05, 0) is 49.4 Å². The number of hydrogen-bond acceptors (Lipinski definition) is 10. The number of aromatic nitrogens is 5. The van der Waals surface area contributed by atoms with Crippen molar-refractivity contribution in [2.75, 3.05) is 16.2 Å². The van der Waals surface area contributed by atoms with Crippen LogP contribution in [0.4, 0.5) is 17.5 Å². The Labute approximate surface area is 238 Å². The Bertz CT molecular complexity index is 1820. The van der Waals surface area contributed by atoms with Crippen molar-refractivity contribution in [1.29, 1.82) is 0 Å². The van der Waals surface area contributed by atoms with Crippen LogP contribution in [0.1, 0.15) is 12.6 Å². The maximum atomic E-state index is 11.3. The zero-order chi connectivity index (χ0) is 28.4. The highest BCUT2D eigenvalue weighted by atomic mass is 32.2. The van der Waals surface area contributed by atoms with E-state index in [0.29, 0.717) is 22.8 Å². The average molecular weight is 587 g/mol. The number of fused-ring (bicyclic) bond motifs is 1. The molecule has 0 amide bonds. The van der Waals surface area contributed by atoms with Gasteiger partial charge in [0.2, 0.25) is 11.8 Å². The van der Waals surface area contributed by atoms with E-state index in [0.717, 1.165) is 33.0 Å². The van der Waals surface area contributed by atoms with Gasteiger partial charge in [-0.2, -0.15) is 0 Å². The molecule has 0 fully saturated rings. The number of pyridine rings is 1. The quantitative estimate of drug-likeness (QED) is 0.171. The molecule has 1 unspecified atom stereocenters. The molecule has 206 valence electrons. The summed E-state index contributed by atoms with van der Waals surface area (Å²) in [6, 6.07) is 20.6. The van der Waals surface area contributed by atoms with Crippen LogP contribution in [0.25, 0.3) is 22.0 Å². The normalized spacial score (nSPS) is 15.0. The second-order valence-corrected chi connectivity index (χ2v) is 11.4. The minimum absolute atomic E-state index is 0.214. The number of ether oxygens (including phenoxy) is 1. The van der Waals surface area contributed by atoms with Crippen molar-refractivity contribution in [3.8, 4) is 22.9 Å². The highest BCUT2D eigenvalue weighted by Crippen LogP contribution is 2.36. The SMILES string of the molecule is CC1CSC(c2nnc(Nc3ccc(Oc4ncccc4-c4ccnc(NP(=O)(O)O)n4)cc3)c3ccccc23)=N1. The van der Waals surface area contributed by atoms with Gasteiger partial charge in [0.1, 0.15) is 16.5 Å². The summed E-state index contributed by atoms with van der Waals surface area (Å²) in [5.41, 5.74) is 2.48. The zero-order valence-corrected chi connectivity index (χ0v) is 23.3. The molecule has 4 N–H and O–H groups in total. The van der Waals surface area contributed by atoms with Crippen LogP contribution in [0.3, 0.4) is 0 Å². The number of benzene rings is 2. The van der Waals surface area contributed by atoms with E-state index in [4.69, 9.17) is 9.73 Å². The van der Waals surface area contributed by atoms with E-state index in [-0.39, 0.29) is 17.9 Å². The van der Waals surface area contributed by atoms with Gasteiger partial charge >= 0.3 is 7.75 Å². The molecule has 0 bridgehead atoms. The molecule has 0 saturated carbocycles. The van der Waals surface area contributed by atoms with Crippen molar-refractivity contribution in [2.24, 2.45) is 4.99 Å². The van der Waals surface area contributed by atoms with Gasteiger partial charge in [0.05, 0.1) is 17.3 Å². The highest BCUT2D eigenvalue weighted by molar-refractivity contribution is 8.14. The molecule has 0 aliphatic carbocycles. The number of thioether (sulfide) groups is 1. The number of aliphatic imine (C=N–C) groups is 1. The monoisotopic (exact) mass is 586 g/mol. The van der Waals surface area contributed by atoms with Crippen molar-refractivity contribution in [3.63, 3.8) is 0 Å². The van der Waals surface area contributed by atoms with E-state index in [1.165, 1.54) is 6.20 Å². The molecule has 41 heavy (non-hydrogen) atoms. The van der Waals surface area contributed by atoms with Crippen LogP contribution >= 0.6 is 19.5 Å². The summed E-state index contributed by atoms with van der Waals surface area (Å²) >= 11 is 1.70. The summed E-state index contributed by atoms with van der Waals surface area (Å²) in [5, 5.41) is 17.1. The van der Waals surface area contributed by atoms with Crippen LogP contribution in [-0.4, -0.2) is 51.8 Å². The molecule has 1 aliphatic heterocycles. The molecular weight excluding hydrogens is 563 g/mol. The Hall–Kier alpha value is -4.42. The van der Waals surface area contributed by atoms with Crippen molar-refractivity contribution in [2.45, 2.75) is 13.0 Å². The third-order valence-corrected chi connectivity index (χ3v) is 7.68. The van der Waals surface area contributed by atoms with Gasteiger partial charge in [-0.25, -0.2) is 19.5 Å². The van der Waals surface area contributed by atoms with E-state index >= 15 is 0 Å². The van der Waals surface area contributed by atoms with E-state index in [2.05, 4.69) is 37.4 Å². The van der Waals surface area contributed by atoms with Gasteiger partial charge in [-0.3, -0.25) is 10.1 Å². The number of nitrogens with zero attached hydrogens (tertiary/aromatic N) is 6. The maximum Gasteiger partial charge on any atom is 0.429 e. The van der Waals surface area contributed by atoms with Crippen LogP contribution < -0.4 is 15.1 Å². The molecule has 5 aromatic rings. The van der Waals surface area contributed by atoms with Gasteiger partial charge in [-0.1, -0.05) is 24.3 Å². The Morgan fingerprint density at radius 3 is 2.51 bits per heavy atom. The fraction of sp³-hybridized carbons (Fsp3) is 0.111. The molecule has 12 nitrogen and oxygen atoms in total. The highest BCUT2D eigenvalue weighted by Gasteiger charge is 2.21. The van der Waals surface area contributed by atoms with E-state index in [9.17, 15) is 14.4 Å². The van der Waals surface area contributed by atoms with Crippen LogP contribution in [0, 0.1) is 0 Å². The Balaban J connectivity index is 1.22. The summed E-state index contributed by atoms with van der Waals surface area (Å²) in [5.74, 6) is 2.14. The number of hydrogen-bond donors (Lipinski definition) is 4. The maximum absolute atomic E-state index is 11.3. The first kappa shape index (κ1) is 26.8. The minimum Gasteiger partial charge on any atom is -0.438 e. The lowest BCUT2D eigenvalue weighted by molar-refractivity contribution is 0.380. The lowest BCUT2D eigenvalue weighted by atomic mass is 10.1. The van der Waals surface area contributed by atoms with Gasteiger partial charge in [0, 0.05) is 34.6 Å². The van der Waals surface area contributed by atoms with Crippen LogP contribution in [0.5, 0.6) is 11.6 Å². The first-order valence-corrected chi connectivity index (χ1v) is 15.1. The molecular formula is C27H23N8O4PS. The molecule has 14 heteroatoms. The summed E-state index contributed by atoms with van der Waals surface area (Å²) in [7, 11) is -4.56. The fourth-order valence-electron chi connectivity index (χ4n) is 4.17. The van der Waals surface area contributed by atoms with Crippen molar-refractivity contribution < 1.29 is 19.1 Å². The molecule has 2 aromatic carbocycles. The number of anilines is 3. The molecule has 1 atom stereocenters. The zero-order valence-electron chi connectivity index (χ0n) is 21.5. The molecule has 4 heterocycles. The van der Waals surface area contributed by atoms with Gasteiger partial charge < -0.3 is 19.8 Å². The second kappa shape index (κ2) is 11.2. The van der Waals surface area contributed by atoms with Crippen molar-refractivity contribution >= 4 is 52.8 Å². The van der Waals surface area contributed by atoms with Crippen molar-refractivity contribution in [1.82, 2.24) is 25.1 Å². The van der Waals surface area contributed by atoms with Crippen molar-refractivity contribution in [3.05, 3.63) is 84.8 Å². The van der Waals surface area contributed by atoms with E-state index in [1.54, 1.807) is 48.3 Å². The van der Waals surface area contributed by atoms with E-state index in [1.807, 2.05) is 41.5 Å². The third kappa shape index (κ3) is 6.18.